The number of aromatic nitrogens is 1. The average molecular weight is 740 g/mol. The first kappa shape index (κ1) is 35.0. The molecule has 1 saturated heterocycles. The monoisotopic (exact) mass is 738 g/mol. The average Bonchev–Trinajstić information content (AvgIpc) is 3.51. The van der Waals surface area contributed by atoms with Gasteiger partial charge in [-0.05, 0) is 73.5 Å². The number of carbonyl (C=O) groups excluding carboxylic acids is 1. The van der Waals surface area contributed by atoms with E-state index in [1.165, 1.54) is 0 Å². The third-order valence-corrected chi connectivity index (χ3v) is 9.82. The lowest BCUT2D eigenvalue weighted by atomic mass is 10.0. The van der Waals surface area contributed by atoms with Crippen molar-refractivity contribution in [3.8, 4) is 11.5 Å². The zero-order valence-corrected chi connectivity index (χ0v) is 30.1. The molecule has 1 N–H and O–H groups in total. The number of para-hydroxylation sites is 3. The number of aryl methyl sites for hydroxylation is 1. The second-order valence-electron chi connectivity index (χ2n) is 12.5. The molecule has 6 rings (SSSR count). The van der Waals surface area contributed by atoms with Gasteiger partial charge in [-0.2, -0.15) is 0 Å². The van der Waals surface area contributed by atoms with Crippen molar-refractivity contribution in [2.24, 2.45) is 0 Å². The van der Waals surface area contributed by atoms with E-state index in [2.05, 4.69) is 42.8 Å². The Morgan fingerprint density at radius 2 is 1.60 bits per heavy atom. The second kappa shape index (κ2) is 16.3. The number of hydrogen-bond acceptors (Lipinski definition) is 7. The van der Waals surface area contributed by atoms with E-state index in [4.69, 9.17) is 14.6 Å². The van der Waals surface area contributed by atoms with Gasteiger partial charge in [0.25, 0.3) is 0 Å². The van der Waals surface area contributed by atoms with Crippen molar-refractivity contribution in [2.45, 2.75) is 25.8 Å². The highest BCUT2D eigenvalue weighted by Crippen LogP contribution is 2.36. The third-order valence-electron chi connectivity index (χ3n) is 9.29. The van der Waals surface area contributed by atoms with Crippen LogP contribution >= 0.6 is 15.9 Å². The van der Waals surface area contributed by atoms with Gasteiger partial charge in [0.15, 0.2) is 5.78 Å². The summed E-state index contributed by atoms with van der Waals surface area (Å²) in [6.07, 6.45) is 3.25. The fourth-order valence-corrected chi connectivity index (χ4v) is 6.86. The largest absolute Gasteiger partial charge is 0.495 e. The molecule has 0 spiro atoms. The number of fused-ring (bicyclic) bond motifs is 1. The molecule has 1 aromatic heterocycles. The SMILES string of the molecule is COc1ccccc1N1CCN(CCCOc2cc(C(=O)c3cn(CCCC(=O)O)c4ccccc34)ccc2N(C)c2ccc(Br)cc2)CC1. The van der Waals surface area contributed by atoms with Crippen LogP contribution in [0.25, 0.3) is 10.9 Å². The van der Waals surface area contributed by atoms with Gasteiger partial charge >= 0.3 is 5.97 Å². The van der Waals surface area contributed by atoms with E-state index in [1.54, 1.807) is 7.11 Å². The first-order chi connectivity index (χ1) is 24.3. The number of hydrogen-bond donors (Lipinski definition) is 1. The van der Waals surface area contributed by atoms with Gasteiger partial charge in [-0.25, -0.2) is 0 Å². The molecular formula is C40H43BrN4O5. The number of aliphatic carboxylic acids is 1. The molecule has 2 heterocycles. The Balaban J connectivity index is 1.17. The highest BCUT2D eigenvalue weighted by Gasteiger charge is 2.22. The summed E-state index contributed by atoms with van der Waals surface area (Å²) in [7, 11) is 3.72. The van der Waals surface area contributed by atoms with Gasteiger partial charge < -0.3 is 28.9 Å². The van der Waals surface area contributed by atoms with E-state index in [1.807, 2.05) is 96.7 Å². The normalized spacial score (nSPS) is 13.4. The summed E-state index contributed by atoms with van der Waals surface area (Å²) in [6.45, 7) is 5.73. The number of methoxy groups -OCH3 is 1. The Labute approximate surface area is 301 Å². The number of nitrogens with zero attached hydrogens (tertiary/aromatic N) is 4. The van der Waals surface area contributed by atoms with Crippen molar-refractivity contribution in [3.63, 3.8) is 0 Å². The van der Waals surface area contributed by atoms with Crippen LogP contribution in [0.1, 0.15) is 35.2 Å². The van der Waals surface area contributed by atoms with Crippen LogP contribution in [0.4, 0.5) is 17.1 Å². The van der Waals surface area contributed by atoms with Crippen LogP contribution in [0.15, 0.2) is 102 Å². The second-order valence-corrected chi connectivity index (χ2v) is 13.4. The van der Waals surface area contributed by atoms with Crippen molar-refractivity contribution >= 4 is 55.6 Å². The summed E-state index contributed by atoms with van der Waals surface area (Å²) in [6, 6.07) is 29.7. The number of piperazine rings is 1. The van der Waals surface area contributed by atoms with Gasteiger partial charge in [-0.3, -0.25) is 14.5 Å². The van der Waals surface area contributed by atoms with Crippen molar-refractivity contribution in [2.75, 3.05) is 63.3 Å². The highest BCUT2D eigenvalue weighted by molar-refractivity contribution is 9.10. The van der Waals surface area contributed by atoms with Gasteiger partial charge in [0, 0.05) is 91.1 Å². The summed E-state index contributed by atoms with van der Waals surface area (Å²) < 4.78 is 15.1. The molecule has 4 aromatic carbocycles. The van der Waals surface area contributed by atoms with Gasteiger partial charge in [0.2, 0.25) is 0 Å². The number of carboxylic acid groups (broad SMARTS) is 1. The summed E-state index contributed by atoms with van der Waals surface area (Å²) in [5, 5.41) is 9.98. The topological polar surface area (TPSA) is 87.5 Å². The molecule has 260 valence electrons. The number of carboxylic acids is 1. The van der Waals surface area contributed by atoms with Crippen molar-refractivity contribution in [1.82, 2.24) is 9.47 Å². The minimum Gasteiger partial charge on any atom is -0.495 e. The summed E-state index contributed by atoms with van der Waals surface area (Å²) in [5.74, 6) is 0.617. The minimum absolute atomic E-state index is 0.0724. The van der Waals surface area contributed by atoms with Crippen molar-refractivity contribution in [1.29, 1.82) is 0 Å². The fraction of sp³-hybridized carbons (Fsp3) is 0.300. The molecular weight excluding hydrogens is 696 g/mol. The molecule has 0 radical (unpaired) electrons. The zero-order valence-electron chi connectivity index (χ0n) is 28.6. The smallest absolute Gasteiger partial charge is 0.303 e. The Kier molecular flexibility index (Phi) is 11.4. The summed E-state index contributed by atoms with van der Waals surface area (Å²) in [5.41, 5.74) is 5.03. The number of carbonyl (C=O) groups is 2. The van der Waals surface area contributed by atoms with E-state index in [0.29, 0.717) is 36.4 Å². The number of anilines is 3. The standard InChI is InChI=1S/C40H43BrN4O5/c1-42(31-17-15-30(41)16-18-31)35-19-14-29(40(48)33-28-45(21-7-13-39(46)47)34-10-4-3-9-32(33)34)27-38(35)50-26-8-20-43-22-24-44(25-23-43)36-11-5-6-12-37(36)49-2/h3-6,9-12,14-19,27-28H,7-8,13,20-26H2,1-2H3,(H,46,47). The molecule has 5 aromatic rings. The number of ketones is 1. The van der Waals surface area contributed by atoms with Gasteiger partial charge in [0.1, 0.15) is 11.5 Å². The maximum atomic E-state index is 14.1. The molecule has 0 bridgehead atoms. The molecule has 0 saturated carbocycles. The Hall–Kier alpha value is -4.80. The molecule has 0 unspecified atom stereocenters. The molecule has 10 heteroatoms. The van der Waals surface area contributed by atoms with Crippen LogP contribution < -0.4 is 19.3 Å². The lowest BCUT2D eigenvalue weighted by Crippen LogP contribution is -2.46. The van der Waals surface area contributed by atoms with E-state index in [-0.39, 0.29) is 12.2 Å². The third kappa shape index (κ3) is 8.14. The fourth-order valence-electron chi connectivity index (χ4n) is 6.59. The van der Waals surface area contributed by atoms with E-state index < -0.39 is 5.97 Å². The van der Waals surface area contributed by atoms with E-state index in [9.17, 15) is 9.59 Å². The molecule has 0 aliphatic carbocycles. The van der Waals surface area contributed by atoms with Crippen LogP contribution in [0.5, 0.6) is 11.5 Å². The molecule has 1 aliphatic heterocycles. The van der Waals surface area contributed by atoms with Crippen LogP contribution in [0, 0.1) is 0 Å². The molecule has 9 nitrogen and oxygen atoms in total. The van der Waals surface area contributed by atoms with Crippen molar-refractivity contribution in [3.05, 3.63) is 113 Å². The predicted octanol–water partition coefficient (Wildman–Crippen LogP) is 7.87. The maximum Gasteiger partial charge on any atom is 0.303 e. The number of ether oxygens (including phenoxy) is 2. The molecule has 50 heavy (non-hydrogen) atoms. The molecule has 0 atom stereocenters. The first-order valence-electron chi connectivity index (χ1n) is 17.0. The molecule has 0 amide bonds. The van der Waals surface area contributed by atoms with Crippen LogP contribution in [-0.4, -0.2) is 79.8 Å². The number of rotatable bonds is 15. The van der Waals surface area contributed by atoms with E-state index >= 15 is 0 Å². The molecule has 1 fully saturated rings. The Bertz CT molecular complexity index is 1930. The lowest BCUT2D eigenvalue weighted by molar-refractivity contribution is -0.137. The summed E-state index contributed by atoms with van der Waals surface area (Å²) >= 11 is 3.53. The number of benzene rings is 4. The van der Waals surface area contributed by atoms with Gasteiger partial charge in [-0.1, -0.05) is 46.3 Å². The zero-order chi connectivity index (χ0) is 35.0. The quantitative estimate of drug-likeness (QED) is 0.0858. The van der Waals surface area contributed by atoms with Gasteiger partial charge in [0.05, 0.1) is 25.1 Å². The van der Waals surface area contributed by atoms with Crippen LogP contribution in [0.3, 0.4) is 0 Å². The Morgan fingerprint density at radius 1 is 0.860 bits per heavy atom. The van der Waals surface area contributed by atoms with Crippen molar-refractivity contribution < 1.29 is 24.2 Å². The van der Waals surface area contributed by atoms with Gasteiger partial charge in [-0.15, -0.1) is 0 Å². The number of halogens is 1. The van der Waals surface area contributed by atoms with Crippen LogP contribution in [-0.2, 0) is 11.3 Å². The molecule has 1 aliphatic rings. The summed E-state index contributed by atoms with van der Waals surface area (Å²) in [4.78, 5) is 32.2. The maximum absolute atomic E-state index is 14.1. The predicted molar refractivity (Wildman–Crippen MR) is 203 cm³/mol. The highest BCUT2D eigenvalue weighted by atomic mass is 79.9. The minimum atomic E-state index is -0.829. The first-order valence-corrected chi connectivity index (χ1v) is 17.8. The van der Waals surface area contributed by atoms with Crippen LogP contribution in [0.2, 0.25) is 0 Å². The lowest BCUT2D eigenvalue weighted by Gasteiger charge is -2.36. The Morgan fingerprint density at radius 3 is 2.36 bits per heavy atom. The van der Waals surface area contributed by atoms with E-state index in [0.717, 1.165) is 77.3 Å².